The lowest BCUT2D eigenvalue weighted by Crippen LogP contribution is -2.38. The largest absolute Gasteiger partial charge is 0.497 e. The van der Waals surface area contributed by atoms with Crippen molar-refractivity contribution in [1.82, 2.24) is 20.6 Å². The van der Waals surface area contributed by atoms with E-state index >= 15 is 0 Å². The minimum Gasteiger partial charge on any atom is -0.497 e. The zero-order valence-corrected chi connectivity index (χ0v) is 14.2. The maximum Gasteiger partial charge on any atom is 0.325 e. The van der Waals surface area contributed by atoms with Crippen LogP contribution in [0.1, 0.15) is 33.5 Å². The minimum absolute atomic E-state index is 0.00368. The molecule has 0 radical (unpaired) electrons. The molecule has 136 valence electrons. The minimum atomic E-state index is -1.18. The highest BCUT2D eigenvalue weighted by molar-refractivity contribution is 5.98. The molecule has 0 unspecified atom stereocenters. The lowest BCUT2D eigenvalue weighted by molar-refractivity contribution is -0.138. The van der Waals surface area contributed by atoms with Crippen molar-refractivity contribution in [3.63, 3.8) is 0 Å². The average molecular weight is 358 g/mol. The van der Waals surface area contributed by atoms with Gasteiger partial charge in [0.05, 0.1) is 7.11 Å². The number of carboxylic acid groups (broad SMARTS) is 1. The molecule has 0 spiro atoms. The summed E-state index contributed by atoms with van der Waals surface area (Å²) in [5.41, 5.74) is 0.732. The van der Waals surface area contributed by atoms with Crippen molar-refractivity contribution in [2.75, 3.05) is 7.11 Å². The quantitative estimate of drug-likeness (QED) is 0.661. The number of carboxylic acids is 1. The van der Waals surface area contributed by atoms with Crippen LogP contribution < -0.4 is 15.4 Å². The molecule has 2 aromatic rings. The summed E-state index contributed by atoms with van der Waals surface area (Å²) in [5, 5.41) is 13.8. The summed E-state index contributed by atoms with van der Waals surface area (Å²) in [4.78, 5) is 42.6. The molecule has 0 aliphatic carbocycles. The molecule has 0 aliphatic rings. The van der Waals surface area contributed by atoms with Gasteiger partial charge < -0.3 is 20.5 Å². The Kier molecular flexibility index (Phi) is 6.20. The summed E-state index contributed by atoms with van der Waals surface area (Å²) in [6, 6.07) is 7.32. The van der Waals surface area contributed by atoms with Gasteiger partial charge in [0.2, 0.25) is 0 Å². The molecule has 0 saturated carbocycles. The number of amides is 2. The van der Waals surface area contributed by atoms with E-state index in [4.69, 9.17) is 9.84 Å². The Morgan fingerprint density at radius 2 is 1.85 bits per heavy atom. The first kappa shape index (κ1) is 18.8. The Morgan fingerprint density at radius 3 is 2.50 bits per heavy atom. The second kappa shape index (κ2) is 8.56. The van der Waals surface area contributed by atoms with Gasteiger partial charge in [-0.1, -0.05) is 12.1 Å². The molecule has 26 heavy (non-hydrogen) atoms. The average Bonchev–Trinajstić information content (AvgIpc) is 2.66. The standard InChI is InChI=1S/C17H18N4O5/c1-10(17(24)25)21-16(23)14-7-13(19-9-20-14)15(22)18-8-11-4-3-5-12(6-11)26-2/h3-7,9-10H,8H2,1-2H3,(H,18,22)(H,21,23)(H,24,25)/t10-/m0/s1. The van der Waals surface area contributed by atoms with E-state index in [0.29, 0.717) is 5.75 Å². The Hall–Kier alpha value is -3.49. The molecule has 3 N–H and O–H groups in total. The number of rotatable bonds is 7. The lowest BCUT2D eigenvalue weighted by Gasteiger charge is -2.09. The third-order valence-corrected chi connectivity index (χ3v) is 3.44. The van der Waals surface area contributed by atoms with Gasteiger partial charge in [0, 0.05) is 12.6 Å². The van der Waals surface area contributed by atoms with Crippen LogP contribution in [0.15, 0.2) is 36.7 Å². The molecule has 1 aromatic heterocycles. The number of nitrogens with zero attached hydrogens (tertiary/aromatic N) is 2. The van der Waals surface area contributed by atoms with E-state index in [9.17, 15) is 14.4 Å². The van der Waals surface area contributed by atoms with Gasteiger partial charge in [-0.25, -0.2) is 9.97 Å². The maximum absolute atomic E-state index is 12.2. The van der Waals surface area contributed by atoms with Crippen LogP contribution in [0.4, 0.5) is 0 Å². The summed E-state index contributed by atoms with van der Waals surface area (Å²) < 4.78 is 5.12. The Bertz CT molecular complexity index is 824. The van der Waals surface area contributed by atoms with Crippen LogP contribution in [0.3, 0.4) is 0 Å². The predicted molar refractivity (Wildman–Crippen MR) is 90.8 cm³/mol. The smallest absolute Gasteiger partial charge is 0.325 e. The van der Waals surface area contributed by atoms with Crippen LogP contribution in [-0.2, 0) is 11.3 Å². The third kappa shape index (κ3) is 5.00. The molecule has 1 atom stereocenters. The van der Waals surface area contributed by atoms with Crippen molar-refractivity contribution in [3.8, 4) is 5.75 Å². The first-order chi connectivity index (χ1) is 12.4. The molecule has 9 nitrogen and oxygen atoms in total. The molecule has 1 aromatic carbocycles. The second-order valence-electron chi connectivity index (χ2n) is 5.36. The van der Waals surface area contributed by atoms with E-state index in [1.165, 1.54) is 13.0 Å². The van der Waals surface area contributed by atoms with E-state index in [1.54, 1.807) is 25.3 Å². The van der Waals surface area contributed by atoms with Gasteiger partial charge in [-0.05, 0) is 24.6 Å². The fraction of sp³-hybridized carbons (Fsp3) is 0.235. The lowest BCUT2D eigenvalue weighted by atomic mass is 10.2. The molecule has 0 bridgehead atoms. The van der Waals surface area contributed by atoms with E-state index in [-0.39, 0.29) is 17.9 Å². The number of benzene rings is 1. The predicted octanol–water partition coefficient (Wildman–Crippen LogP) is 0.618. The molecular formula is C17H18N4O5. The first-order valence-corrected chi connectivity index (χ1v) is 7.67. The van der Waals surface area contributed by atoms with Crippen LogP contribution in [0.25, 0.3) is 0 Å². The van der Waals surface area contributed by atoms with Gasteiger partial charge in [-0.3, -0.25) is 14.4 Å². The number of nitrogens with one attached hydrogen (secondary N) is 2. The Labute approximate surface area is 149 Å². The fourth-order valence-electron chi connectivity index (χ4n) is 1.99. The summed E-state index contributed by atoms with van der Waals surface area (Å²) in [6.07, 6.45) is 1.07. The van der Waals surface area contributed by atoms with Crippen LogP contribution in [0.5, 0.6) is 5.75 Å². The van der Waals surface area contributed by atoms with Crippen LogP contribution in [-0.4, -0.2) is 46.0 Å². The van der Waals surface area contributed by atoms with E-state index in [2.05, 4.69) is 20.6 Å². The second-order valence-corrected chi connectivity index (χ2v) is 5.36. The van der Waals surface area contributed by atoms with Gasteiger partial charge in [-0.15, -0.1) is 0 Å². The molecular weight excluding hydrogens is 340 g/mol. The molecule has 2 amide bonds. The van der Waals surface area contributed by atoms with Crippen molar-refractivity contribution in [2.45, 2.75) is 19.5 Å². The van der Waals surface area contributed by atoms with Crippen LogP contribution in [0.2, 0.25) is 0 Å². The summed E-state index contributed by atoms with van der Waals surface area (Å²) in [6.45, 7) is 1.57. The van der Waals surface area contributed by atoms with Gasteiger partial charge in [0.15, 0.2) is 0 Å². The molecule has 0 saturated heterocycles. The number of aliphatic carboxylic acids is 1. The maximum atomic E-state index is 12.2. The first-order valence-electron chi connectivity index (χ1n) is 7.67. The number of hydrogen-bond acceptors (Lipinski definition) is 6. The molecule has 9 heteroatoms. The van der Waals surface area contributed by atoms with Gasteiger partial charge in [-0.2, -0.15) is 0 Å². The normalized spacial score (nSPS) is 11.3. The summed E-state index contributed by atoms with van der Waals surface area (Å²) in [5.74, 6) is -1.70. The van der Waals surface area contributed by atoms with Gasteiger partial charge >= 0.3 is 5.97 Å². The molecule has 0 aliphatic heterocycles. The van der Waals surface area contributed by atoms with Crippen molar-refractivity contribution in [2.24, 2.45) is 0 Å². The zero-order chi connectivity index (χ0) is 19.1. The highest BCUT2D eigenvalue weighted by Gasteiger charge is 2.18. The van der Waals surface area contributed by atoms with Crippen LogP contribution >= 0.6 is 0 Å². The number of ether oxygens (including phenoxy) is 1. The summed E-state index contributed by atoms with van der Waals surface area (Å²) in [7, 11) is 1.55. The number of hydrogen-bond donors (Lipinski definition) is 3. The topological polar surface area (TPSA) is 131 Å². The van der Waals surface area contributed by atoms with Crippen molar-refractivity contribution in [1.29, 1.82) is 0 Å². The number of carbonyl (C=O) groups is 3. The van der Waals surface area contributed by atoms with Crippen molar-refractivity contribution in [3.05, 3.63) is 53.6 Å². The third-order valence-electron chi connectivity index (χ3n) is 3.44. The van der Waals surface area contributed by atoms with Crippen molar-refractivity contribution >= 4 is 17.8 Å². The van der Waals surface area contributed by atoms with Gasteiger partial charge in [0.1, 0.15) is 29.5 Å². The van der Waals surface area contributed by atoms with Crippen molar-refractivity contribution < 1.29 is 24.2 Å². The van der Waals surface area contributed by atoms with E-state index in [1.807, 2.05) is 6.07 Å². The molecule has 1 heterocycles. The van der Waals surface area contributed by atoms with E-state index < -0.39 is 23.8 Å². The number of aromatic nitrogens is 2. The highest BCUT2D eigenvalue weighted by atomic mass is 16.5. The number of methoxy groups -OCH3 is 1. The monoisotopic (exact) mass is 358 g/mol. The van der Waals surface area contributed by atoms with E-state index in [0.717, 1.165) is 11.9 Å². The Morgan fingerprint density at radius 1 is 1.15 bits per heavy atom. The zero-order valence-electron chi connectivity index (χ0n) is 14.2. The highest BCUT2D eigenvalue weighted by Crippen LogP contribution is 2.12. The fourth-order valence-corrected chi connectivity index (χ4v) is 1.99. The van der Waals surface area contributed by atoms with Gasteiger partial charge in [0.25, 0.3) is 11.8 Å². The molecule has 0 fully saturated rings. The number of carbonyl (C=O) groups excluding carboxylic acids is 2. The molecule has 2 rings (SSSR count). The van der Waals surface area contributed by atoms with Crippen LogP contribution in [0, 0.1) is 0 Å². The summed E-state index contributed by atoms with van der Waals surface area (Å²) >= 11 is 0. The SMILES string of the molecule is COc1cccc(CNC(=O)c2cc(C(=O)N[C@@H](C)C(=O)O)ncn2)c1. The Balaban J connectivity index is 2.03.